The van der Waals surface area contributed by atoms with Crippen molar-refractivity contribution >= 4 is 28.9 Å². The highest BCUT2D eigenvalue weighted by Crippen LogP contribution is 2.33. The Hall–Kier alpha value is -2.36. The van der Waals surface area contributed by atoms with Crippen LogP contribution in [0, 0.1) is 0 Å². The molecule has 0 aliphatic heterocycles. The second-order valence-electron chi connectivity index (χ2n) is 5.93. The van der Waals surface area contributed by atoms with Crippen molar-refractivity contribution in [3.63, 3.8) is 0 Å². The Balaban J connectivity index is 1.80. The van der Waals surface area contributed by atoms with Crippen molar-refractivity contribution in [2.75, 3.05) is 11.9 Å². The Morgan fingerprint density at radius 3 is 2.48 bits per heavy atom. The van der Waals surface area contributed by atoms with Crippen LogP contribution in [0.2, 0.25) is 10.0 Å². The highest BCUT2D eigenvalue weighted by molar-refractivity contribution is 6.35. The minimum Gasteiger partial charge on any atom is -0.490 e. The van der Waals surface area contributed by atoms with Gasteiger partial charge in [0.15, 0.2) is 11.5 Å². The summed E-state index contributed by atoms with van der Waals surface area (Å²) in [4.78, 5) is 0. The van der Waals surface area contributed by atoms with Crippen LogP contribution in [0.25, 0.3) is 0 Å². The summed E-state index contributed by atoms with van der Waals surface area (Å²) in [6.45, 7) is 3.53. The third-order valence-corrected chi connectivity index (χ3v) is 4.55. The van der Waals surface area contributed by atoms with Crippen molar-refractivity contribution in [2.24, 2.45) is 0 Å². The van der Waals surface area contributed by atoms with Gasteiger partial charge in [0.2, 0.25) is 0 Å². The molecule has 3 aromatic carbocycles. The first-order valence-electron chi connectivity index (χ1n) is 8.77. The Morgan fingerprint density at radius 1 is 0.889 bits per heavy atom. The Labute approximate surface area is 169 Å². The third kappa shape index (κ3) is 5.31. The predicted molar refractivity (Wildman–Crippen MR) is 112 cm³/mol. The molecule has 0 aliphatic rings. The average Bonchev–Trinajstić information content (AvgIpc) is 2.69. The number of hydrogen-bond acceptors (Lipinski definition) is 3. The summed E-state index contributed by atoms with van der Waals surface area (Å²) in [6.07, 6.45) is 0. The van der Waals surface area contributed by atoms with Gasteiger partial charge in [-0.05, 0) is 36.8 Å². The van der Waals surface area contributed by atoms with E-state index in [0.29, 0.717) is 29.8 Å². The van der Waals surface area contributed by atoms with Crippen LogP contribution >= 0.6 is 23.2 Å². The minimum absolute atomic E-state index is 0.468. The molecular formula is C22H21Cl2NO2. The fourth-order valence-electron chi connectivity index (χ4n) is 2.69. The van der Waals surface area contributed by atoms with Crippen LogP contribution in [0.1, 0.15) is 18.1 Å². The lowest BCUT2D eigenvalue weighted by atomic mass is 10.1. The molecule has 3 aromatic rings. The lowest BCUT2D eigenvalue weighted by molar-refractivity contribution is 0.267. The summed E-state index contributed by atoms with van der Waals surface area (Å²) in [7, 11) is 0. The smallest absolute Gasteiger partial charge is 0.166 e. The molecule has 0 radical (unpaired) electrons. The number of anilines is 1. The Kier molecular flexibility index (Phi) is 6.86. The standard InChI is InChI=1S/C22H21Cl2NO2/c1-2-26-21-10-6-9-17(14-25-20-13-18(23)11-12-19(20)24)22(21)27-15-16-7-4-3-5-8-16/h3-13,25H,2,14-15H2,1H3. The van der Waals surface area contributed by atoms with E-state index in [-0.39, 0.29) is 0 Å². The van der Waals surface area contributed by atoms with Gasteiger partial charge in [-0.1, -0.05) is 65.7 Å². The quantitative estimate of drug-likeness (QED) is 0.462. The first-order valence-corrected chi connectivity index (χ1v) is 9.53. The molecule has 0 spiro atoms. The van der Waals surface area contributed by atoms with Gasteiger partial charge in [-0.3, -0.25) is 0 Å². The maximum absolute atomic E-state index is 6.25. The van der Waals surface area contributed by atoms with E-state index in [1.807, 2.05) is 55.5 Å². The van der Waals surface area contributed by atoms with Crippen molar-refractivity contribution in [1.82, 2.24) is 0 Å². The summed E-state index contributed by atoms with van der Waals surface area (Å²) >= 11 is 12.3. The molecule has 0 unspecified atom stereocenters. The molecule has 0 heterocycles. The van der Waals surface area contributed by atoms with Crippen LogP contribution in [-0.4, -0.2) is 6.61 Å². The van der Waals surface area contributed by atoms with Crippen molar-refractivity contribution in [3.8, 4) is 11.5 Å². The molecule has 0 saturated carbocycles. The molecule has 3 nitrogen and oxygen atoms in total. The van der Waals surface area contributed by atoms with Gasteiger partial charge in [0.05, 0.1) is 17.3 Å². The van der Waals surface area contributed by atoms with Crippen LogP contribution in [0.3, 0.4) is 0 Å². The summed E-state index contributed by atoms with van der Waals surface area (Å²) in [5.41, 5.74) is 2.86. The molecule has 5 heteroatoms. The second-order valence-corrected chi connectivity index (χ2v) is 6.77. The molecule has 140 valence electrons. The minimum atomic E-state index is 0.468. The van der Waals surface area contributed by atoms with Crippen LogP contribution in [0.4, 0.5) is 5.69 Å². The average molecular weight is 402 g/mol. The van der Waals surface area contributed by atoms with Crippen molar-refractivity contribution in [1.29, 1.82) is 0 Å². The van der Waals surface area contributed by atoms with Gasteiger partial charge in [-0.2, -0.15) is 0 Å². The number of ether oxygens (including phenoxy) is 2. The van der Waals surface area contributed by atoms with Gasteiger partial charge in [0.1, 0.15) is 6.61 Å². The molecule has 0 aliphatic carbocycles. The lowest BCUT2D eigenvalue weighted by Crippen LogP contribution is -2.06. The van der Waals surface area contributed by atoms with Crippen LogP contribution in [-0.2, 0) is 13.2 Å². The summed E-state index contributed by atoms with van der Waals surface area (Å²) in [5, 5.41) is 4.57. The van der Waals surface area contributed by atoms with E-state index in [4.69, 9.17) is 32.7 Å². The van der Waals surface area contributed by atoms with E-state index in [1.165, 1.54) is 0 Å². The second kappa shape index (κ2) is 9.54. The molecule has 0 atom stereocenters. The van der Waals surface area contributed by atoms with Crippen molar-refractivity contribution in [2.45, 2.75) is 20.1 Å². The van der Waals surface area contributed by atoms with Crippen LogP contribution < -0.4 is 14.8 Å². The summed E-state index contributed by atoms with van der Waals surface area (Å²) in [6, 6.07) is 21.3. The molecule has 1 N–H and O–H groups in total. The van der Waals surface area contributed by atoms with E-state index in [0.717, 1.165) is 28.3 Å². The van der Waals surface area contributed by atoms with Gasteiger partial charge < -0.3 is 14.8 Å². The van der Waals surface area contributed by atoms with Crippen molar-refractivity contribution < 1.29 is 9.47 Å². The van der Waals surface area contributed by atoms with Gasteiger partial charge in [-0.15, -0.1) is 0 Å². The Bertz CT molecular complexity index is 885. The SMILES string of the molecule is CCOc1cccc(CNc2cc(Cl)ccc2Cl)c1OCc1ccccc1. The van der Waals surface area contributed by atoms with Crippen LogP contribution in [0.5, 0.6) is 11.5 Å². The van der Waals surface area contributed by atoms with Gasteiger partial charge >= 0.3 is 0 Å². The predicted octanol–water partition coefficient (Wildman–Crippen LogP) is 6.58. The molecular weight excluding hydrogens is 381 g/mol. The number of para-hydroxylation sites is 1. The summed E-state index contributed by atoms with van der Waals surface area (Å²) in [5.74, 6) is 1.46. The van der Waals surface area contributed by atoms with Crippen LogP contribution in [0.15, 0.2) is 66.7 Å². The number of nitrogens with one attached hydrogen (secondary N) is 1. The first kappa shape index (κ1) is 19.4. The van der Waals surface area contributed by atoms with E-state index >= 15 is 0 Å². The topological polar surface area (TPSA) is 30.5 Å². The number of halogens is 2. The largest absolute Gasteiger partial charge is 0.490 e. The van der Waals surface area contributed by atoms with E-state index in [1.54, 1.807) is 18.2 Å². The molecule has 0 saturated heterocycles. The Morgan fingerprint density at radius 2 is 1.70 bits per heavy atom. The van der Waals surface area contributed by atoms with E-state index in [2.05, 4.69) is 5.32 Å². The van der Waals surface area contributed by atoms with Gasteiger partial charge in [0.25, 0.3) is 0 Å². The zero-order valence-electron chi connectivity index (χ0n) is 15.0. The normalized spacial score (nSPS) is 10.5. The fraction of sp³-hybridized carbons (Fsp3) is 0.182. The zero-order valence-corrected chi connectivity index (χ0v) is 16.6. The molecule has 27 heavy (non-hydrogen) atoms. The highest BCUT2D eigenvalue weighted by Gasteiger charge is 2.12. The fourth-order valence-corrected chi connectivity index (χ4v) is 3.04. The van der Waals surface area contributed by atoms with Crippen molar-refractivity contribution in [3.05, 3.63) is 87.9 Å². The van der Waals surface area contributed by atoms with E-state index in [9.17, 15) is 0 Å². The maximum atomic E-state index is 6.25. The van der Waals surface area contributed by atoms with Gasteiger partial charge in [0, 0.05) is 17.1 Å². The molecule has 0 fully saturated rings. The molecule has 0 aromatic heterocycles. The molecule has 0 amide bonds. The number of benzene rings is 3. The number of hydrogen-bond donors (Lipinski definition) is 1. The maximum Gasteiger partial charge on any atom is 0.166 e. The number of rotatable bonds is 8. The van der Waals surface area contributed by atoms with Gasteiger partial charge in [-0.25, -0.2) is 0 Å². The summed E-state index contributed by atoms with van der Waals surface area (Å²) < 4.78 is 11.9. The third-order valence-electron chi connectivity index (χ3n) is 3.98. The molecule has 0 bridgehead atoms. The lowest BCUT2D eigenvalue weighted by Gasteiger charge is -2.17. The highest BCUT2D eigenvalue weighted by atomic mass is 35.5. The molecule has 3 rings (SSSR count). The van der Waals surface area contributed by atoms with E-state index < -0.39 is 0 Å². The zero-order chi connectivity index (χ0) is 19.1. The first-order chi connectivity index (χ1) is 13.2. The monoisotopic (exact) mass is 401 g/mol.